The number of carbonyl (C=O) groups excluding carboxylic acids is 1. The van der Waals surface area contributed by atoms with E-state index in [1.807, 2.05) is 0 Å². The van der Waals surface area contributed by atoms with Crippen LogP contribution >= 0.6 is 7.60 Å². The minimum atomic E-state index is -4.56. The lowest BCUT2D eigenvalue weighted by Crippen LogP contribution is -2.55. The van der Waals surface area contributed by atoms with E-state index in [-0.39, 0.29) is 28.6 Å². The molecule has 1 aliphatic heterocycles. The van der Waals surface area contributed by atoms with Crippen LogP contribution in [-0.2, 0) is 25.8 Å². The van der Waals surface area contributed by atoms with Crippen molar-refractivity contribution < 1.29 is 47.1 Å². The summed E-state index contributed by atoms with van der Waals surface area (Å²) < 4.78 is 44.1. The molecule has 0 radical (unpaired) electrons. The van der Waals surface area contributed by atoms with E-state index in [2.05, 4.69) is 10.0 Å². The van der Waals surface area contributed by atoms with Crippen molar-refractivity contribution in [3.63, 3.8) is 0 Å². The Morgan fingerprint density at radius 2 is 1.77 bits per heavy atom. The first kappa shape index (κ1) is 26.9. The largest absolute Gasteiger partial charge is 0.547 e. The third-order valence-corrected chi connectivity index (χ3v) is 8.18. The Balaban J connectivity index is 1.90. The van der Waals surface area contributed by atoms with E-state index >= 15 is 0 Å². The number of sulfonamides is 1. The van der Waals surface area contributed by atoms with Gasteiger partial charge in [-0.3, -0.25) is 9.36 Å². The molecular weight excluding hydrogens is 502 g/mol. The summed E-state index contributed by atoms with van der Waals surface area (Å²) in [7, 11) is -10.1. The Morgan fingerprint density at radius 3 is 2.31 bits per heavy atom. The maximum atomic E-state index is 13.2. The zero-order valence-electron chi connectivity index (χ0n) is 18.7. The highest BCUT2D eigenvalue weighted by molar-refractivity contribution is 7.90. The molecule has 1 heterocycles. The summed E-state index contributed by atoms with van der Waals surface area (Å²) in [6.07, 6.45) is 0.00412. The molecule has 15 heteroatoms. The molecule has 2 atom stereocenters. The maximum Gasteiger partial charge on any atom is 0.547 e. The van der Waals surface area contributed by atoms with Crippen molar-refractivity contribution in [2.45, 2.75) is 37.5 Å². The van der Waals surface area contributed by atoms with E-state index in [1.165, 1.54) is 38.1 Å². The zero-order chi connectivity index (χ0) is 26.1. The maximum absolute atomic E-state index is 13.2. The molecule has 0 saturated heterocycles. The first-order chi connectivity index (χ1) is 16.2. The number of aromatic carboxylic acids is 1. The second kappa shape index (κ2) is 10.1. The predicted octanol–water partition coefficient (Wildman–Crippen LogP) is -0.304. The van der Waals surface area contributed by atoms with E-state index < -0.39 is 53.8 Å². The number of amides is 1. The summed E-state index contributed by atoms with van der Waals surface area (Å²) in [4.78, 5) is 43.2. The quantitative estimate of drug-likeness (QED) is 0.196. The molecule has 35 heavy (non-hydrogen) atoms. The lowest BCUT2D eigenvalue weighted by Gasteiger charge is -2.30. The molecule has 1 aliphatic rings. The van der Waals surface area contributed by atoms with Crippen LogP contribution in [0.15, 0.2) is 42.5 Å². The van der Waals surface area contributed by atoms with Crippen molar-refractivity contribution in [2.24, 2.45) is 0 Å². The van der Waals surface area contributed by atoms with Gasteiger partial charge in [-0.05, 0) is 49.6 Å². The zero-order valence-corrected chi connectivity index (χ0v) is 20.4. The van der Waals surface area contributed by atoms with Crippen molar-refractivity contribution in [2.75, 3.05) is 0 Å². The van der Waals surface area contributed by atoms with Gasteiger partial charge in [-0.15, -0.1) is 0 Å². The number of fused-ring (bicyclic) bond motifs is 1. The summed E-state index contributed by atoms with van der Waals surface area (Å²) in [5.41, 5.74) is 0.369. The first-order valence-corrected chi connectivity index (χ1v) is 13.5. The number of rotatable bonds is 8. The van der Waals surface area contributed by atoms with Gasteiger partial charge in [0.1, 0.15) is 11.8 Å². The summed E-state index contributed by atoms with van der Waals surface area (Å²) in [5, 5.41) is 21.0. The van der Waals surface area contributed by atoms with Crippen molar-refractivity contribution in [1.29, 1.82) is 0 Å². The standard InChI is InChI=1S/C20H24BN2O10PS/c1-11(2)35(31,32)23-17(12-6-8-14(9-7-12)34(28,29)30)19(24)22-16-10-13-4-3-5-15(20(25)26)18(13)33-21(16)27/h3-9,11,16-17,23,27H,10H2,1-2H3,(H,22,24)(H,25,26)(H2,28,29,30)/t16-,17?/m0/s1. The molecule has 0 aromatic heterocycles. The van der Waals surface area contributed by atoms with Gasteiger partial charge in [0, 0.05) is 0 Å². The van der Waals surface area contributed by atoms with Crippen LogP contribution in [0.5, 0.6) is 5.75 Å². The molecule has 188 valence electrons. The summed E-state index contributed by atoms with van der Waals surface area (Å²) >= 11 is 0. The number of benzene rings is 2. The average Bonchev–Trinajstić information content (AvgIpc) is 2.76. The second-order valence-electron chi connectivity index (χ2n) is 8.21. The molecule has 1 amide bonds. The number of carbonyl (C=O) groups is 2. The Bertz CT molecular complexity index is 1280. The van der Waals surface area contributed by atoms with Gasteiger partial charge in [0.2, 0.25) is 15.9 Å². The SMILES string of the molecule is CC(C)S(=O)(=O)NC(C(=O)N[C@H]1Cc2cccc(C(=O)O)c2OB1O)c1ccc(P(=O)(O)O)cc1. The number of hydrogen-bond acceptors (Lipinski definition) is 7. The Hall–Kier alpha value is -2.74. The lowest BCUT2D eigenvalue weighted by atomic mass is 9.72. The van der Waals surface area contributed by atoms with Crippen LogP contribution in [0.1, 0.15) is 41.4 Å². The van der Waals surface area contributed by atoms with Crippen LogP contribution in [0.2, 0.25) is 0 Å². The van der Waals surface area contributed by atoms with Crippen LogP contribution in [0, 0.1) is 0 Å². The highest BCUT2D eigenvalue weighted by Gasteiger charge is 2.39. The van der Waals surface area contributed by atoms with Gasteiger partial charge in [-0.2, -0.15) is 4.72 Å². The number of para-hydroxylation sites is 1. The molecule has 0 saturated carbocycles. The van der Waals surface area contributed by atoms with Gasteiger partial charge < -0.3 is 29.9 Å². The van der Waals surface area contributed by atoms with Gasteiger partial charge in [0.25, 0.3) is 0 Å². The molecule has 0 spiro atoms. The van der Waals surface area contributed by atoms with Crippen molar-refractivity contribution >= 4 is 41.9 Å². The minimum Gasteiger partial charge on any atom is -0.534 e. The lowest BCUT2D eigenvalue weighted by molar-refractivity contribution is -0.123. The average molecular weight is 526 g/mol. The monoisotopic (exact) mass is 526 g/mol. The molecule has 1 unspecified atom stereocenters. The molecule has 12 nitrogen and oxygen atoms in total. The minimum absolute atomic E-state index is 0.00412. The van der Waals surface area contributed by atoms with Gasteiger partial charge in [-0.25, -0.2) is 13.2 Å². The summed E-state index contributed by atoms with van der Waals surface area (Å²) in [6, 6.07) is 7.48. The summed E-state index contributed by atoms with van der Waals surface area (Å²) in [6.45, 7) is 2.81. The van der Waals surface area contributed by atoms with Gasteiger partial charge in [0.15, 0.2) is 0 Å². The number of carboxylic acid groups (broad SMARTS) is 1. The topological polar surface area (TPSA) is 200 Å². The number of hydrogen-bond donors (Lipinski definition) is 6. The smallest absolute Gasteiger partial charge is 0.534 e. The Kier molecular flexibility index (Phi) is 7.75. The second-order valence-corrected chi connectivity index (χ2v) is 12.1. The molecule has 2 aromatic carbocycles. The van der Waals surface area contributed by atoms with Crippen molar-refractivity contribution in [3.8, 4) is 5.75 Å². The number of nitrogens with one attached hydrogen (secondary N) is 2. The van der Waals surface area contributed by atoms with Crippen molar-refractivity contribution in [3.05, 3.63) is 59.2 Å². The van der Waals surface area contributed by atoms with Crippen molar-refractivity contribution in [1.82, 2.24) is 10.0 Å². The fraction of sp³-hybridized carbons (Fsp3) is 0.300. The predicted molar refractivity (Wildman–Crippen MR) is 126 cm³/mol. The summed E-state index contributed by atoms with van der Waals surface area (Å²) in [5.74, 6) is -3.18. The normalized spacial score (nSPS) is 16.9. The highest BCUT2D eigenvalue weighted by atomic mass is 32.2. The molecule has 3 rings (SSSR count). The van der Waals surface area contributed by atoms with Crippen LogP contribution < -0.4 is 20.0 Å². The van der Waals surface area contributed by atoms with E-state index in [0.29, 0.717) is 5.56 Å². The van der Waals surface area contributed by atoms with Crippen LogP contribution in [0.4, 0.5) is 0 Å². The molecule has 2 aromatic rings. The molecule has 0 aliphatic carbocycles. The first-order valence-electron chi connectivity index (χ1n) is 10.4. The fourth-order valence-electron chi connectivity index (χ4n) is 3.42. The highest BCUT2D eigenvalue weighted by Crippen LogP contribution is 2.33. The molecule has 6 N–H and O–H groups in total. The van der Waals surface area contributed by atoms with E-state index in [9.17, 15) is 42.5 Å². The fourth-order valence-corrected chi connectivity index (χ4v) is 4.80. The third kappa shape index (κ3) is 6.10. The Labute approximate surface area is 201 Å². The molecule has 0 fully saturated rings. The van der Waals surface area contributed by atoms with E-state index in [4.69, 9.17) is 4.65 Å². The Morgan fingerprint density at radius 1 is 1.14 bits per heavy atom. The van der Waals surface area contributed by atoms with Gasteiger partial charge >= 0.3 is 20.7 Å². The molecular formula is C20H24BN2O10PS. The van der Waals surface area contributed by atoms with Crippen LogP contribution in [-0.4, -0.2) is 58.5 Å². The van der Waals surface area contributed by atoms with Crippen LogP contribution in [0.25, 0.3) is 0 Å². The van der Waals surface area contributed by atoms with E-state index in [0.717, 1.165) is 12.1 Å². The van der Waals surface area contributed by atoms with Gasteiger partial charge in [0.05, 0.1) is 22.1 Å². The molecule has 0 bridgehead atoms. The number of carboxylic acids is 1. The van der Waals surface area contributed by atoms with Crippen LogP contribution in [0.3, 0.4) is 0 Å². The third-order valence-electron chi connectivity index (χ3n) is 5.40. The van der Waals surface area contributed by atoms with E-state index in [1.54, 1.807) is 6.07 Å². The van der Waals surface area contributed by atoms with Gasteiger partial charge in [-0.1, -0.05) is 24.3 Å².